The Morgan fingerprint density at radius 3 is 2.31 bits per heavy atom. The van der Waals surface area contributed by atoms with Crippen LogP contribution in [-0.2, 0) is 0 Å². The van der Waals surface area contributed by atoms with Crippen molar-refractivity contribution < 1.29 is 0 Å². The Kier molecular flexibility index (Phi) is 4.35. The fourth-order valence-electron chi connectivity index (χ4n) is 2.34. The van der Waals surface area contributed by atoms with Gasteiger partial charge in [0.2, 0.25) is 0 Å². The molecule has 0 aromatic rings. The lowest BCUT2D eigenvalue weighted by Gasteiger charge is -2.42. The van der Waals surface area contributed by atoms with Crippen LogP contribution in [0.5, 0.6) is 0 Å². The molecule has 96 valence electrons. The maximum absolute atomic E-state index is 6.11. The van der Waals surface area contributed by atoms with Gasteiger partial charge in [-0.2, -0.15) is 0 Å². The van der Waals surface area contributed by atoms with Crippen LogP contribution in [0.25, 0.3) is 0 Å². The van der Waals surface area contributed by atoms with Crippen molar-refractivity contribution in [2.24, 2.45) is 11.5 Å². The summed E-state index contributed by atoms with van der Waals surface area (Å²) in [6, 6.07) is 0.511. The highest BCUT2D eigenvalue weighted by molar-refractivity contribution is 4.90. The first-order valence-corrected chi connectivity index (χ1v) is 6.20. The van der Waals surface area contributed by atoms with Gasteiger partial charge in [0.25, 0.3) is 0 Å². The van der Waals surface area contributed by atoms with Gasteiger partial charge in [-0.25, -0.2) is 0 Å². The summed E-state index contributed by atoms with van der Waals surface area (Å²) >= 11 is 0. The van der Waals surface area contributed by atoms with Gasteiger partial charge in [0, 0.05) is 43.3 Å². The third-order valence-electron chi connectivity index (χ3n) is 2.84. The van der Waals surface area contributed by atoms with Crippen LogP contribution < -0.4 is 16.8 Å². The summed E-state index contributed by atoms with van der Waals surface area (Å²) in [5.74, 6) is 0. The van der Waals surface area contributed by atoms with Crippen molar-refractivity contribution in [3.05, 3.63) is 0 Å². The molecule has 0 amide bonds. The molecule has 1 aliphatic rings. The van der Waals surface area contributed by atoms with Crippen LogP contribution in [0.15, 0.2) is 0 Å². The molecule has 0 saturated carbocycles. The Labute approximate surface area is 99.7 Å². The van der Waals surface area contributed by atoms with Crippen LogP contribution in [0.2, 0.25) is 0 Å². The highest BCUT2D eigenvalue weighted by Crippen LogP contribution is 2.17. The van der Waals surface area contributed by atoms with Crippen LogP contribution in [-0.4, -0.2) is 48.2 Å². The van der Waals surface area contributed by atoms with Crippen LogP contribution in [0.3, 0.4) is 0 Å². The molecule has 4 heteroatoms. The zero-order chi connectivity index (χ0) is 12.4. The summed E-state index contributed by atoms with van der Waals surface area (Å²) in [7, 11) is 0. The predicted molar refractivity (Wildman–Crippen MR) is 69.4 cm³/mol. The first-order chi connectivity index (χ1) is 7.17. The van der Waals surface area contributed by atoms with Crippen molar-refractivity contribution in [3.63, 3.8) is 0 Å². The van der Waals surface area contributed by atoms with E-state index >= 15 is 0 Å². The van der Waals surface area contributed by atoms with Gasteiger partial charge in [-0.15, -0.1) is 0 Å². The summed E-state index contributed by atoms with van der Waals surface area (Å²) in [6.45, 7) is 12.4. The van der Waals surface area contributed by atoms with E-state index < -0.39 is 0 Å². The molecule has 0 aromatic carbocycles. The van der Waals surface area contributed by atoms with E-state index in [9.17, 15) is 0 Å². The second kappa shape index (κ2) is 5.00. The molecule has 0 aliphatic carbocycles. The molecule has 4 nitrogen and oxygen atoms in total. The molecule has 0 radical (unpaired) electrons. The summed E-state index contributed by atoms with van der Waals surface area (Å²) in [5, 5.41) is 3.44. The van der Waals surface area contributed by atoms with Crippen molar-refractivity contribution in [1.29, 1.82) is 0 Å². The first-order valence-electron chi connectivity index (χ1n) is 6.20. The van der Waals surface area contributed by atoms with Crippen molar-refractivity contribution in [2.45, 2.75) is 51.2 Å². The SMILES string of the molecule is CC(C)(N)CC1CNCCN1CC(C)(C)N. The van der Waals surface area contributed by atoms with Gasteiger partial charge in [0.15, 0.2) is 0 Å². The monoisotopic (exact) mass is 228 g/mol. The molecule has 0 spiro atoms. The van der Waals surface area contributed by atoms with Crippen molar-refractivity contribution in [3.8, 4) is 0 Å². The Hall–Kier alpha value is -0.160. The lowest BCUT2D eigenvalue weighted by atomic mass is 9.93. The lowest BCUT2D eigenvalue weighted by Crippen LogP contribution is -2.59. The first kappa shape index (κ1) is 13.9. The molecular weight excluding hydrogens is 200 g/mol. The highest BCUT2D eigenvalue weighted by Gasteiger charge is 2.29. The number of nitrogens with two attached hydrogens (primary N) is 2. The average Bonchev–Trinajstić information content (AvgIpc) is 2.03. The van der Waals surface area contributed by atoms with E-state index in [1.807, 2.05) is 0 Å². The summed E-state index contributed by atoms with van der Waals surface area (Å²) in [6.07, 6.45) is 1.01. The number of hydrogen-bond acceptors (Lipinski definition) is 4. The van der Waals surface area contributed by atoms with Gasteiger partial charge >= 0.3 is 0 Å². The molecule has 16 heavy (non-hydrogen) atoms. The zero-order valence-electron chi connectivity index (χ0n) is 11.2. The predicted octanol–water partition coefficient (Wildman–Crippen LogP) is 0.125. The smallest absolute Gasteiger partial charge is 0.0239 e. The summed E-state index contributed by atoms with van der Waals surface area (Å²) in [4.78, 5) is 2.48. The summed E-state index contributed by atoms with van der Waals surface area (Å²) < 4.78 is 0. The number of piperazine rings is 1. The van der Waals surface area contributed by atoms with E-state index in [1.54, 1.807) is 0 Å². The van der Waals surface area contributed by atoms with Gasteiger partial charge in [-0.1, -0.05) is 0 Å². The fraction of sp³-hybridized carbons (Fsp3) is 1.00. The van der Waals surface area contributed by atoms with E-state index in [4.69, 9.17) is 11.5 Å². The van der Waals surface area contributed by atoms with Gasteiger partial charge in [-0.05, 0) is 34.1 Å². The molecular formula is C12H28N4. The minimum atomic E-state index is -0.131. The van der Waals surface area contributed by atoms with Gasteiger partial charge in [-0.3, -0.25) is 4.90 Å². The summed E-state index contributed by atoms with van der Waals surface area (Å²) in [5.41, 5.74) is 12.0. The number of hydrogen-bond donors (Lipinski definition) is 3. The van der Waals surface area contributed by atoms with E-state index in [2.05, 4.69) is 37.9 Å². The normalized spacial score (nSPS) is 24.8. The molecule has 0 bridgehead atoms. The van der Waals surface area contributed by atoms with Crippen LogP contribution >= 0.6 is 0 Å². The highest BCUT2D eigenvalue weighted by atomic mass is 15.2. The van der Waals surface area contributed by atoms with Gasteiger partial charge in [0.05, 0.1) is 0 Å². The Morgan fingerprint density at radius 1 is 1.19 bits per heavy atom. The minimum absolute atomic E-state index is 0.110. The van der Waals surface area contributed by atoms with Gasteiger partial charge < -0.3 is 16.8 Å². The number of nitrogens with one attached hydrogen (secondary N) is 1. The van der Waals surface area contributed by atoms with Crippen molar-refractivity contribution >= 4 is 0 Å². The van der Waals surface area contributed by atoms with E-state index in [0.717, 1.165) is 32.6 Å². The Bertz CT molecular complexity index is 190. The zero-order valence-corrected chi connectivity index (χ0v) is 11.2. The largest absolute Gasteiger partial charge is 0.326 e. The maximum Gasteiger partial charge on any atom is 0.0239 e. The fourth-order valence-corrected chi connectivity index (χ4v) is 2.34. The van der Waals surface area contributed by atoms with Crippen LogP contribution in [0, 0.1) is 0 Å². The Morgan fingerprint density at radius 2 is 1.81 bits per heavy atom. The van der Waals surface area contributed by atoms with Crippen molar-refractivity contribution in [1.82, 2.24) is 10.2 Å². The number of rotatable bonds is 4. The van der Waals surface area contributed by atoms with Crippen molar-refractivity contribution in [2.75, 3.05) is 26.2 Å². The Balaban J connectivity index is 2.57. The van der Waals surface area contributed by atoms with Gasteiger partial charge in [0.1, 0.15) is 0 Å². The maximum atomic E-state index is 6.11. The third kappa shape index (κ3) is 5.25. The molecule has 0 aromatic heterocycles. The van der Waals surface area contributed by atoms with Crippen LogP contribution in [0.4, 0.5) is 0 Å². The molecule has 1 aliphatic heterocycles. The van der Waals surface area contributed by atoms with E-state index in [0.29, 0.717) is 6.04 Å². The lowest BCUT2D eigenvalue weighted by molar-refractivity contribution is 0.113. The molecule has 5 N–H and O–H groups in total. The standard InChI is InChI=1S/C12H28N4/c1-11(2,13)7-10-8-15-5-6-16(10)9-12(3,4)14/h10,15H,5-9,13-14H2,1-4H3. The topological polar surface area (TPSA) is 67.3 Å². The molecule has 1 fully saturated rings. The molecule has 1 rings (SSSR count). The quantitative estimate of drug-likeness (QED) is 0.639. The third-order valence-corrected chi connectivity index (χ3v) is 2.84. The average molecular weight is 228 g/mol. The molecule has 1 heterocycles. The van der Waals surface area contributed by atoms with E-state index in [-0.39, 0.29) is 11.1 Å². The number of nitrogens with zero attached hydrogens (tertiary/aromatic N) is 1. The molecule has 1 saturated heterocycles. The second-order valence-electron chi connectivity index (χ2n) is 6.51. The molecule has 1 unspecified atom stereocenters. The van der Waals surface area contributed by atoms with Crippen LogP contribution in [0.1, 0.15) is 34.1 Å². The minimum Gasteiger partial charge on any atom is -0.326 e. The molecule has 1 atom stereocenters. The second-order valence-corrected chi connectivity index (χ2v) is 6.51. The van der Waals surface area contributed by atoms with E-state index in [1.165, 1.54) is 0 Å².